The molecule has 0 atom stereocenters. The third kappa shape index (κ3) is 3.71. The minimum atomic E-state index is 0.711. The number of hydrogen-bond donors (Lipinski definition) is 1. The second-order valence-electron chi connectivity index (χ2n) is 3.65. The zero-order valence-electron chi connectivity index (χ0n) is 10.0. The maximum absolute atomic E-state index is 4.97. The fraction of sp³-hybridized carbons (Fsp3) is 0.333. The topological polar surface area (TPSA) is 47.0 Å². The Balaban J connectivity index is 2.00. The number of methoxy groups -OCH3 is 1. The van der Waals surface area contributed by atoms with Gasteiger partial charge in [-0.05, 0) is 28.7 Å². The smallest absolute Gasteiger partial charge is 0.148 e. The third-order valence-corrected chi connectivity index (χ3v) is 4.23. The van der Waals surface area contributed by atoms with Gasteiger partial charge in [-0.15, -0.1) is 10.2 Å². The summed E-state index contributed by atoms with van der Waals surface area (Å²) in [5.74, 6) is 0. The van der Waals surface area contributed by atoms with Crippen LogP contribution in [0.4, 0.5) is 0 Å². The number of hydrogen-bond acceptors (Lipinski definition) is 5. The molecule has 0 aliphatic heterocycles. The van der Waals surface area contributed by atoms with Crippen molar-refractivity contribution in [3.63, 3.8) is 0 Å². The summed E-state index contributed by atoms with van der Waals surface area (Å²) in [5, 5.41) is 13.7. The van der Waals surface area contributed by atoms with E-state index >= 15 is 0 Å². The van der Waals surface area contributed by atoms with Crippen LogP contribution in [0.25, 0.3) is 10.6 Å². The third-order valence-electron chi connectivity index (χ3n) is 2.33. The van der Waals surface area contributed by atoms with Crippen LogP contribution in [-0.4, -0.2) is 30.5 Å². The van der Waals surface area contributed by atoms with Gasteiger partial charge in [0.05, 0.1) is 6.61 Å². The highest BCUT2D eigenvalue weighted by Crippen LogP contribution is 2.27. The van der Waals surface area contributed by atoms with E-state index in [4.69, 9.17) is 4.74 Å². The van der Waals surface area contributed by atoms with Crippen molar-refractivity contribution in [2.75, 3.05) is 20.3 Å². The maximum atomic E-state index is 4.97. The Bertz CT molecular complexity index is 504. The SMILES string of the molecule is COCCNCc1nnc(-c2ccccc2I)s1. The summed E-state index contributed by atoms with van der Waals surface area (Å²) in [5.41, 5.74) is 1.15. The van der Waals surface area contributed by atoms with Gasteiger partial charge >= 0.3 is 0 Å². The van der Waals surface area contributed by atoms with E-state index in [0.29, 0.717) is 6.61 Å². The monoisotopic (exact) mass is 375 g/mol. The molecule has 0 aliphatic rings. The van der Waals surface area contributed by atoms with Crippen molar-refractivity contribution in [1.29, 1.82) is 0 Å². The Kier molecular flexibility index (Phi) is 5.48. The predicted molar refractivity (Wildman–Crippen MR) is 81.6 cm³/mol. The molecule has 4 nitrogen and oxygen atoms in total. The molecular formula is C12H14IN3OS. The van der Waals surface area contributed by atoms with Crippen molar-refractivity contribution in [2.45, 2.75) is 6.54 Å². The highest BCUT2D eigenvalue weighted by molar-refractivity contribution is 14.1. The maximum Gasteiger partial charge on any atom is 0.148 e. The number of nitrogens with zero attached hydrogens (tertiary/aromatic N) is 2. The van der Waals surface area contributed by atoms with E-state index in [-0.39, 0.29) is 0 Å². The number of nitrogens with one attached hydrogen (secondary N) is 1. The minimum Gasteiger partial charge on any atom is -0.383 e. The Morgan fingerprint density at radius 2 is 2.17 bits per heavy atom. The van der Waals surface area contributed by atoms with E-state index in [0.717, 1.165) is 28.7 Å². The normalized spacial score (nSPS) is 10.8. The Labute approximate surface area is 124 Å². The van der Waals surface area contributed by atoms with Crippen molar-refractivity contribution < 1.29 is 4.74 Å². The summed E-state index contributed by atoms with van der Waals surface area (Å²) in [6.45, 7) is 2.28. The van der Waals surface area contributed by atoms with Gasteiger partial charge in [-0.25, -0.2) is 0 Å². The van der Waals surface area contributed by atoms with Crippen molar-refractivity contribution in [2.24, 2.45) is 0 Å². The van der Waals surface area contributed by atoms with Crippen LogP contribution < -0.4 is 5.32 Å². The molecule has 1 aromatic heterocycles. The highest BCUT2D eigenvalue weighted by Gasteiger charge is 2.08. The molecule has 0 aliphatic carbocycles. The van der Waals surface area contributed by atoms with Gasteiger partial charge in [0.2, 0.25) is 0 Å². The van der Waals surface area contributed by atoms with E-state index in [1.807, 2.05) is 12.1 Å². The van der Waals surface area contributed by atoms with Crippen molar-refractivity contribution >= 4 is 33.9 Å². The molecule has 1 heterocycles. The molecule has 0 amide bonds. The first-order valence-corrected chi connectivity index (χ1v) is 7.47. The van der Waals surface area contributed by atoms with Crippen molar-refractivity contribution in [1.82, 2.24) is 15.5 Å². The molecule has 6 heteroatoms. The molecular weight excluding hydrogens is 361 g/mol. The first kappa shape index (κ1) is 13.9. The Morgan fingerprint density at radius 1 is 1.33 bits per heavy atom. The second-order valence-corrected chi connectivity index (χ2v) is 5.87. The number of halogens is 1. The van der Waals surface area contributed by atoms with Crippen molar-refractivity contribution in [3.05, 3.63) is 32.8 Å². The van der Waals surface area contributed by atoms with Gasteiger partial charge in [0.25, 0.3) is 0 Å². The molecule has 2 aromatic rings. The summed E-state index contributed by atoms with van der Waals surface area (Å²) in [7, 11) is 1.70. The van der Waals surface area contributed by atoms with E-state index in [1.54, 1.807) is 18.4 Å². The quantitative estimate of drug-likeness (QED) is 0.623. The lowest BCUT2D eigenvalue weighted by atomic mass is 10.2. The molecule has 0 bridgehead atoms. The molecule has 0 unspecified atom stereocenters. The lowest BCUT2D eigenvalue weighted by Gasteiger charge is -1.99. The zero-order valence-corrected chi connectivity index (χ0v) is 13.0. The van der Waals surface area contributed by atoms with Crippen LogP contribution in [0.5, 0.6) is 0 Å². The fourth-order valence-corrected chi connectivity index (χ4v) is 3.11. The number of aromatic nitrogens is 2. The van der Waals surface area contributed by atoms with E-state index in [2.05, 4.69) is 50.2 Å². The van der Waals surface area contributed by atoms with Gasteiger partial charge in [0, 0.05) is 29.3 Å². The molecule has 0 radical (unpaired) electrons. The summed E-state index contributed by atoms with van der Waals surface area (Å²) in [6.07, 6.45) is 0. The largest absolute Gasteiger partial charge is 0.383 e. The minimum absolute atomic E-state index is 0.711. The fourth-order valence-electron chi connectivity index (χ4n) is 1.44. The average molecular weight is 375 g/mol. The van der Waals surface area contributed by atoms with Gasteiger partial charge in [-0.3, -0.25) is 0 Å². The van der Waals surface area contributed by atoms with Gasteiger partial charge in [-0.1, -0.05) is 29.5 Å². The van der Waals surface area contributed by atoms with Crippen molar-refractivity contribution in [3.8, 4) is 10.6 Å². The lowest BCUT2D eigenvalue weighted by Crippen LogP contribution is -2.18. The van der Waals surface area contributed by atoms with Gasteiger partial charge in [0.15, 0.2) is 0 Å². The van der Waals surface area contributed by atoms with Gasteiger partial charge in [-0.2, -0.15) is 0 Å². The van der Waals surface area contributed by atoms with E-state index in [1.165, 1.54) is 3.57 Å². The van der Waals surface area contributed by atoms with Crippen LogP contribution >= 0.6 is 33.9 Å². The lowest BCUT2D eigenvalue weighted by molar-refractivity contribution is 0.199. The Morgan fingerprint density at radius 3 is 2.94 bits per heavy atom. The standard InChI is InChI=1S/C12H14IN3OS/c1-17-7-6-14-8-11-15-16-12(18-11)9-4-2-3-5-10(9)13/h2-5,14H,6-8H2,1H3. The molecule has 0 fully saturated rings. The molecule has 1 aromatic carbocycles. The predicted octanol–water partition coefficient (Wildman–Crippen LogP) is 2.55. The van der Waals surface area contributed by atoms with Crippen LogP contribution in [-0.2, 0) is 11.3 Å². The molecule has 1 N–H and O–H groups in total. The number of benzene rings is 1. The summed E-state index contributed by atoms with van der Waals surface area (Å²) < 4.78 is 6.17. The summed E-state index contributed by atoms with van der Waals surface area (Å²) >= 11 is 3.95. The van der Waals surface area contributed by atoms with E-state index < -0.39 is 0 Å². The highest BCUT2D eigenvalue weighted by atomic mass is 127. The van der Waals surface area contributed by atoms with Crippen LogP contribution in [0, 0.1) is 3.57 Å². The molecule has 2 rings (SSSR count). The van der Waals surface area contributed by atoms with Crippen LogP contribution in [0.3, 0.4) is 0 Å². The summed E-state index contributed by atoms with van der Waals surface area (Å²) in [4.78, 5) is 0. The van der Waals surface area contributed by atoms with Gasteiger partial charge in [0.1, 0.15) is 10.0 Å². The second kappa shape index (κ2) is 7.13. The Hall–Kier alpha value is -0.570. The first-order chi connectivity index (χ1) is 8.81. The summed E-state index contributed by atoms with van der Waals surface area (Å²) in [6, 6.07) is 8.20. The zero-order chi connectivity index (χ0) is 12.8. The molecule has 0 saturated heterocycles. The average Bonchev–Trinajstić information content (AvgIpc) is 2.84. The molecule has 0 saturated carbocycles. The number of rotatable bonds is 6. The van der Waals surface area contributed by atoms with Crippen LogP contribution in [0.2, 0.25) is 0 Å². The van der Waals surface area contributed by atoms with Gasteiger partial charge < -0.3 is 10.1 Å². The van der Waals surface area contributed by atoms with Crippen LogP contribution in [0.1, 0.15) is 5.01 Å². The molecule has 0 spiro atoms. The number of ether oxygens (including phenoxy) is 1. The molecule has 18 heavy (non-hydrogen) atoms. The first-order valence-electron chi connectivity index (χ1n) is 5.58. The van der Waals surface area contributed by atoms with Crippen LogP contribution in [0.15, 0.2) is 24.3 Å². The molecule has 96 valence electrons. The van der Waals surface area contributed by atoms with E-state index in [9.17, 15) is 0 Å².